The van der Waals surface area contributed by atoms with E-state index >= 15 is 0 Å². The number of benzene rings is 1. The fourth-order valence-corrected chi connectivity index (χ4v) is 2.96. The third-order valence-electron chi connectivity index (χ3n) is 4.12. The number of para-hydroxylation sites is 2. The summed E-state index contributed by atoms with van der Waals surface area (Å²) in [6.45, 7) is 6.61. The van der Waals surface area contributed by atoms with E-state index in [-0.39, 0.29) is 18.1 Å². The lowest BCUT2D eigenvalue weighted by Gasteiger charge is -2.07. The van der Waals surface area contributed by atoms with Gasteiger partial charge in [-0.15, -0.1) is 0 Å². The van der Waals surface area contributed by atoms with Gasteiger partial charge in [0, 0.05) is 13.0 Å². The molecule has 3 rings (SSSR count). The molecule has 0 aliphatic carbocycles. The van der Waals surface area contributed by atoms with Gasteiger partial charge in [-0.25, -0.2) is 14.8 Å². The molecule has 0 fully saturated rings. The van der Waals surface area contributed by atoms with E-state index in [1.807, 2.05) is 31.2 Å². The Bertz CT molecular complexity index is 970. The summed E-state index contributed by atoms with van der Waals surface area (Å²) in [6.07, 6.45) is 3.99. The Morgan fingerprint density at radius 2 is 1.73 bits per heavy atom. The van der Waals surface area contributed by atoms with Crippen LogP contribution in [0.15, 0.2) is 41.5 Å². The minimum absolute atomic E-state index is 0.0555. The minimum Gasteiger partial charge on any atom is -0.322 e. The van der Waals surface area contributed by atoms with Gasteiger partial charge in [0.05, 0.1) is 29.1 Å². The van der Waals surface area contributed by atoms with Crippen molar-refractivity contribution in [3.8, 4) is 0 Å². The van der Waals surface area contributed by atoms with Gasteiger partial charge >= 0.3 is 5.69 Å². The van der Waals surface area contributed by atoms with Crippen LogP contribution in [0.2, 0.25) is 0 Å². The van der Waals surface area contributed by atoms with Crippen LogP contribution in [0.1, 0.15) is 26.6 Å². The molecular formula is C19H23N5O2. The summed E-state index contributed by atoms with van der Waals surface area (Å²) in [5.41, 5.74) is 1.91. The second kappa shape index (κ2) is 7.51. The van der Waals surface area contributed by atoms with Crippen LogP contribution >= 0.6 is 0 Å². The third kappa shape index (κ3) is 3.66. The number of carbonyl (C=O) groups is 1. The predicted octanol–water partition coefficient (Wildman–Crippen LogP) is 2.45. The van der Waals surface area contributed by atoms with Crippen molar-refractivity contribution in [1.29, 1.82) is 0 Å². The number of hydrogen-bond acceptors (Lipinski definition) is 4. The normalized spacial score (nSPS) is 11.2. The van der Waals surface area contributed by atoms with Crippen molar-refractivity contribution >= 4 is 22.6 Å². The summed E-state index contributed by atoms with van der Waals surface area (Å²) in [4.78, 5) is 33.5. The van der Waals surface area contributed by atoms with Crippen molar-refractivity contribution in [1.82, 2.24) is 19.1 Å². The fourth-order valence-electron chi connectivity index (χ4n) is 2.96. The molecule has 1 N–H and O–H groups in total. The average molecular weight is 353 g/mol. The lowest BCUT2D eigenvalue weighted by Crippen LogP contribution is -2.29. The monoisotopic (exact) mass is 353 g/mol. The highest BCUT2D eigenvalue weighted by molar-refractivity contribution is 5.91. The molecule has 7 heteroatoms. The van der Waals surface area contributed by atoms with Crippen molar-refractivity contribution in [3.05, 3.63) is 53.0 Å². The van der Waals surface area contributed by atoms with E-state index < -0.39 is 0 Å². The zero-order valence-electron chi connectivity index (χ0n) is 15.3. The van der Waals surface area contributed by atoms with Crippen molar-refractivity contribution in [3.63, 3.8) is 0 Å². The standard InChI is InChI=1S/C19H23N5O2/c1-4-23-15-7-5-6-8-16(15)24(19(23)26)12-18(25)22-14-10-20-17(21-11-14)9-13(2)3/h5-8,10-11,13H,4,9,12H2,1-3H3,(H,22,25). The molecule has 0 atom stereocenters. The molecule has 3 aromatic rings. The first kappa shape index (κ1) is 17.8. The van der Waals surface area contributed by atoms with Crippen molar-refractivity contribution < 1.29 is 4.79 Å². The van der Waals surface area contributed by atoms with Crippen LogP contribution in [-0.2, 0) is 24.3 Å². The molecule has 2 aromatic heterocycles. The van der Waals surface area contributed by atoms with Gasteiger partial charge in [0.15, 0.2) is 0 Å². The van der Waals surface area contributed by atoms with Crippen LogP contribution in [0.4, 0.5) is 5.69 Å². The molecule has 0 aliphatic heterocycles. The summed E-state index contributed by atoms with van der Waals surface area (Å²) in [7, 11) is 0. The Balaban J connectivity index is 1.77. The number of rotatable bonds is 6. The number of amides is 1. The summed E-state index contributed by atoms with van der Waals surface area (Å²) in [5, 5.41) is 2.76. The Morgan fingerprint density at radius 3 is 2.31 bits per heavy atom. The number of aromatic nitrogens is 4. The lowest BCUT2D eigenvalue weighted by molar-refractivity contribution is -0.116. The molecule has 26 heavy (non-hydrogen) atoms. The quantitative estimate of drug-likeness (QED) is 0.738. The molecule has 2 heterocycles. The van der Waals surface area contributed by atoms with Gasteiger partial charge < -0.3 is 5.32 Å². The predicted molar refractivity (Wildman–Crippen MR) is 101 cm³/mol. The second-order valence-corrected chi connectivity index (χ2v) is 6.64. The summed E-state index contributed by atoms with van der Waals surface area (Å²) in [5.74, 6) is 0.935. The number of hydrogen-bond donors (Lipinski definition) is 1. The maximum absolute atomic E-state index is 12.6. The number of anilines is 1. The van der Waals surface area contributed by atoms with E-state index in [0.29, 0.717) is 18.2 Å². The van der Waals surface area contributed by atoms with Gasteiger partial charge in [0.25, 0.3) is 0 Å². The highest BCUT2D eigenvalue weighted by Gasteiger charge is 2.14. The van der Waals surface area contributed by atoms with Crippen molar-refractivity contribution in [2.24, 2.45) is 5.92 Å². The summed E-state index contributed by atoms with van der Waals surface area (Å²) in [6, 6.07) is 7.47. The van der Waals surface area contributed by atoms with Crippen LogP contribution in [0.25, 0.3) is 11.0 Å². The van der Waals surface area contributed by atoms with Gasteiger partial charge in [0.1, 0.15) is 12.4 Å². The summed E-state index contributed by atoms with van der Waals surface area (Å²) < 4.78 is 3.15. The molecule has 0 aliphatic rings. The maximum atomic E-state index is 12.6. The van der Waals surface area contributed by atoms with Crippen LogP contribution in [0.3, 0.4) is 0 Å². The highest BCUT2D eigenvalue weighted by atomic mass is 16.2. The minimum atomic E-state index is -0.286. The van der Waals surface area contributed by atoms with E-state index in [2.05, 4.69) is 29.1 Å². The number of nitrogens with one attached hydrogen (secondary N) is 1. The number of aryl methyl sites for hydroxylation is 1. The Morgan fingerprint density at radius 1 is 1.12 bits per heavy atom. The highest BCUT2D eigenvalue weighted by Crippen LogP contribution is 2.13. The second-order valence-electron chi connectivity index (χ2n) is 6.64. The van der Waals surface area contributed by atoms with Crippen LogP contribution in [0.5, 0.6) is 0 Å². The van der Waals surface area contributed by atoms with E-state index in [9.17, 15) is 9.59 Å². The molecule has 1 amide bonds. The Hall–Kier alpha value is -2.96. The number of imidazole rings is 1. The Kier molecular flexibility index (Phi) is 5.16. The van der Waals surface area contributed by atoms with Gasteiger partial charge in [-0.2, -0.15) is 0 Å². The molecule has 0 radical (unpaired) electrons. The number of carbonyl (C=O) groups excluding carboxylic acids is 1. The molecule has 0 spiro atoms. The number of nitrogens with zero attached hydrogens (tertiary/aromatic N) is 4. The molecular weight excluding hydrogens is 330 g/mol. The smallest absolute Gasteiger partial charge is 0.322 e. The average Bonchev–Trinajstić information content (AvgIpc) is 2.88. The molecule has 7 nitrogen and oxygen atoms in total. The first-order chi connectivity index (χ1) is 12.5. The third-order valence-corrected chi connectivity index (χ3v) is 4.12. The molecule has 0 saturated heterocycles. The largest absolute Gasteiger partial charge is 0.329 e. The van der Waals surface area contributed by atoms with Gasteiger partial charge in [-0.05, 0) is 25.0 Å². The van der Waals surface area contributed by atoms with Crippen molar-refractivity contribution in [2.75, 3.05) is 5.32 Å². The zero-order valence-corrected chi connectivity index (χ0v) is 15.3. The maximum Gasteiger partial charge on any atom is 0.329 e. The molecule has 136 valence electrons. The van der Waals surface area contributed by atoms with E-state index in [4.69, 9.17) is 0 Å². The van der Waals surface area contributed by atoms with Crippen LogP contribution in [-0.4, -0.2) is 25.0 Å². The van der Waals surface area contributed by atoms with E-state index in [1.165, 1.54) is 4.57 Å². The molecule has 1 aromatic carbocycles. The first-order valence-corrected chi connectivity index (χ1v) is 8.78. The SMILES string of the molecule is CCn1c(=O)n(CC(=O)Nc2cnc(CC(C)C)nc2)c2ccccc21. The number of fused-ring (bicyclic) bond motifs is 1. The topological polar surface area (TPSA) is 81.8 Å². The van der Waals surface area contributed by atoms with Gasteiger partial charge in [-0.3, -0.25) is 13.9 Å². The molecule has 0 saturated carbocycles. The zero-order chi connectivity index (χ0) is 18.7. The summed E-state index contributed by atoms with van der Waals surface area (Å²) >= 11 is 0. The fraction of sp³-hybridized carbons (Fsp3) is 0.368. The van der Waals surface area contributed by atoms with Gasteiger partial charge in [0.2, 0.25) is 5.91 Å². The Labute approximate surface area is 151 Å². The van der Waals surface area contributed by atoms with E-state index in [1.54, 1.807) is 17.0 Å². The van der Waals surface area contributed by atoms with Crippen LogP contribution < -0.4 is 11.0 Å². The molecule has 0 unspecified atom stereocenters. The van der Waals surface area contributed by atoms with Crippen molar-refractivity contribution in [2.45, 2.75) is 40.3 Å². The lowest BCUT2D eigenvalue weighted by atomic mass is 10.1. The van der Waals surface area contributed by atoms with Crippen LogP contribution in [0, 0.1) is 5.92 Å². The molecule has 0 bridgehead atoms. The van der Waals surface area contributed by atoms with Gasteiger partial charge in [-0.1, -0.05) is 26.0 Å². The first-order valence-electron chi connectivity index (χ1n) is 8.78. The van der Waals surface area contributed by atoms with E-state index in [0.717, 1.165) is 23.3 Å².